The van der Waals surface area contributed by atoms with Crippen molar-refractivity contribution in [2.24, 2.45) is 0 Å². The Hall–Kier alpha value is 0.809. The van der Waals surface area contributed by atoms with E-state index in [0.29, 0.717) is 14.0 Å². The van der Waals surface area contributed by atoms with Crippen LogP contribution < -0.4 is 0 Å². The van der Waals surface area contributed by atoms with Gasteiger partial charge >= 0.3 is 87.8 Å². The number of halogens is 1. The van der Waals surface area contributed by atoms with Gasteiger partial charge in [-0.1, -0.05) is 0 Å². The van der Waals surface area contributed by atoms with Gasteiger partial charge in [0.2, 0.25) is 0 Å². The van der Waals surface area contributed by atoms with Crippen LogP contribution in [-0.2, 0) is 0 Å². The molecular formula is C10H21ClSe. The van der Waals surface area contributed by atoms with Crippen molar-refractivity contribution < 1.29 is 0 Å². The average molecular weight is 256 g/mol. The summed E-state index contributed by atoms with van der Waals surface area (Å²) in [7, 11) is 5.65. The molecule has 0 heterocycles. The third-order valence-electron chi connectivity index (χ3n) is 2.08. The van der Waals surface area contributed by atoms with Crippen LogP contribution in [0.15, 0.2) is 0 Å². The van der Waals surface area contributed by atoms with E-state index in [9.17, 15) is 0 Å². The van der Waals surface area contributed by atoms with Crippen LogP contribution in [0, 0.1) is 0 Å². The minimum absolute atomic E-state index is 0.391. The zero-order valence-electron chi connectivity index (χ0n) is 8.15. The average Bonchev–Trinajstić information content (AvgIpc) is 2.10. The molecule has 0 fully saturated rings. The van der Waals surface area contributed by atoms with E-state index in [4.69, 9.17) is 10.1 Å². The molecule has 0 spiro atoms. The second-order valence-corrected chi connectivity index (χ2v) is 5.74. The molecule has 12 heavy (non-hydrogen) atoms. The molecule has 0 atom stereocenters. The fraction of sp³-hybridized carbons (Fsp3) is 1.00. The van der Waals surface area contributed by atoms with Gasteiger partial charge in [-0.05, 0) is 0 Å². The summed E-state index contributed by atoms with van der Waals surface area (Å²) in [4.78, 5) is 0. The van der Waals surface area contributed by atoms with Crippen molar-refractivity contribution in [3.05, 3.63) is 0 Å². The molecule has 0 aromatic heterocycles. The van der Waals surface area contributed by atoms with Crippen LogP contribution in [0.25, 0.3) is 0 Å². The van der Waals surface area contributed by atoms with Crippen LogP contribution in [-0.4, -0.2) is 14.0 Å². The Morgan fingerprint density at radius 2 is 1.33 bits per heavy atom. The first kappa shape index (κ1) is 12.8. The van der Waals surface area contributed by atoms with E-state index in [1.54, 1.807) is 0 Å². The third-order valence-corrected chi connectivity index (χ3v) is 3.81. The van der Waals surface area contributed by atoms with Crippen molar-refractivity contribution >= 4 is 24.1 Å². The normalized spacial score (nSPS) is 10.5. The van der Waals surface area contributed by atoms with Crippen molar-refractivity contribution in [3.63, 3.8) is 0 Å². The molecule has 0 bridgehead atoms. The first-order valence-electron chi connectivity index (χ1n) is 5.15. The standard InChI is InChI=1S/C10H21ClSe/c1-2-3-4-5-6-7-8-9-10-12-11/h2-10H2,1H3. The maximum absolute atomic E-state index is 5.65. The van der Waals surface area contributed by atoms with Crippen molar-refractivity contribution in [1.29, 1.82) is 0 Å². The summed E-state index contributed by atoms with van der Waals surface area (Å²) in [5.74, 6) is 0. The summed E-state index contributed by atoms with van der Waals surface area (Å²) in [6.45, 7) is 2.27. The van der Waals surface area contributed by atoms with Crippen molar-refractivity contribution in [2.75, 3.05) is 0 Å². The summed E-state index contributed by atoms with van der Waals surface area (Å²) in [5, 5.41) is 1.27. The summed E-state index contributed by atoms with van der Waals surface area (Å²) in [5.41, 5.74) is 0. The Bertz CT molecular complexity index is 66.2. The SMILES string of the molecule is CCCCCCCCCC[Se]Cl. The van der Waals surface area contributed by atoms with Gasteiger partial charge in [-0.25, -0.2) is 0 Å². The Kier molecular flexibility index (Phi) is 12.6. The molecule has 0 aromatic rings. The van der Waals surface area contributed by atoms with Crippen molar-refractivity contribution in [2.45, 2.75) is 63.6 Å². The Labute approximate surface area is 87.8 Å². The van der Waals surface area contributed by atoms with Gasteiger partial charge < -0.3 is 0 Å². The number of rotatable bonds is 9. The Morgan fingerprint density at radius 1 is 0.833 bits per heavy atom. The van der Waals surface area contributed by atoms with Gasteiger partial charge in [0.25, 0.3) is 0 Å². The molecule has 0 N–H and O–H groups in total. The molecule has 0 saturated heterocycles. The zero-order valence-corrected chi connectivity index (χ0v) is 10.6. The fourth-order valence-electron chi connectivity index (χ4n) is 1.29. The van der Waals surface area contributed by atoms with Crippen LogP contribution in [0.5, 0.6) is 0 Å². The molecule has 0 nitrogen and oxygen atoms in total. The van der Waals surface area contributed by atoms with Crippen molar-refractivity contribution in [3.8, 4) is 0 Å². The van der Waals surface area contributed by atoms with Gasteiger partial charge in [-0.15, -0.1) is 0 Å². The quantitative estimate of drug-likeness (QED) is 0.423. The predicted molar refractivity (Wildman–Crippen MR) is 59.0 cm³/mol. The molecule has 74 valence electrons. The molecule has 0 unspecified atom stereocenters. The van der Waals surface area contributed by atoms with E-state index in [2.05, 4.69) is 6.92 Å². The molecular weight excluding hydrogens is 235 g/mol. The zero-order chi connectivity index (χ0) is 9.07. The van der Waals surface area contributed by atoms with Gasteiger partial charge in [-0.3, -0.25) is 0 Å². The van der Waals surface area contributed by atoms with Gasteiger partial charge in [0.05, 0.1) is 0 Å². The van der Waals surface area contributed by atoms with E-state index in [1.807, 2.05) is 0 Å². The number of hydrogen-bond acceptors (Lipinski definition) is 0. The Morgan fingerprint density at radius 3 is 1.83 bits per heavy atom. The minimum atomic E-state index is 0.391. The van der Waals surface area contributed by atoms with Gasteiger partial charge in [-0.2, -0.15) is 0 Å². The van der Waals surface area contributed by atoms with Gasteiger partial charge in [0, 0.05) is 0 Å². The van der Waals surface area contributed by atoms with E-state index >= 15 is 0 Å². The fourth-order valence-corrected chi connectivity index (χ4v) is 2.51. The van der Waals surface area contributed by atoms with Crippen LogP contribution in [0.2, 0.25) is 5.32 Å². The molecule has 0 saturated carbocycles. The molecule has 0 aliphatic rings. The molecule has 0 aliphatic heterocycles. The maximum atomic E-state index is 5.65. The summed E-state index contributed by atoms with van der Waals surface area (Å²) in [6, 6.07) is 0. The topological polar surface area (TPSA) is 0 Å². The first-order valence-corrected chi connectivity index (χ1v) is 8.61. The van der Waals surface area contributed by atoms with Gasteiger partial charge in [0.15, 0.2) is 0 Å². The monoisotopic (exact) mass is 256 g/mol. The molecule has 0 amide bonds. The van der Waals surface area contributed by atoms with E-state index in [-0.39, 0.29) is 0 Å². The van der Waals surface area contributed by atoms with Gasteiger partial charge in [0.1, 0.15) is 0 Å². The van der Waals surface area contributed by atoms with Crippen LogP contribution >= 0.6 is 10.1 Å². The van der Waals surface area contributed by atoms with Crippen LogP contribution in [0.1, 0.15) is 58.3 Å². The van der Waals surface area contributed by atoms with Crippen molar-refractivity contribution in [1.82, 2.24) is 0 Å². The summed E-state index contributed by atoms with van der Waals surface area (Å²) >= 11 is 0.391. The summed E-state index contributed by atoms with van der Waals surface area (Å²) in [6.07, 6.45) is 11.3. The molecule has 0 rings (SSSR count). The van der Waals surface area contributed by atoms with Crippen LogP contribution in [0.4, 0.5) is 0 Å². The van der Waals surface area contributed by atoms with Crippen LogP contribution in [0.3, 0.4) is 0 Å². The van der Waals surface area contributed by atoms with E-state index < -0.39 is 0 Å². The molecule has 0 aromatic carbocycles. The third kappa shape index (κ3) is 10.8. The van der Waals surface area contributed by atoms with E-state index in [1.165, 1.54) is 56.7 Å². The molecule has 2 heteroatoms. The summed E-state index contributed by atoms with van der Waals surface area (Å²) < 4.78 is 0. The first-order chi connectivity index (χ1) is 5.91. The Balaban J connectivity index is 2.73. The molecule has 0 radical (unpaired) electrons. The predicted octanol–water partition coefficient (Wildman–Crippen LogP) is 4.40. The number of hydrogen-bond donors (Lipinski definition) is 0. The number of unbranched alkanes of at least 4 members (excludes halogenated alkanes) is 7. The second kappa shape index (κ2) is 11.8. The molecule has 0 aliphatic carbocycles. The van der Waals surface area contributed by atoms with E-state index in [0.717, 1.165) is 0 Å². The second-order valence-electron chi connectivity index (χ2n) is 3.29.